The second-order valence-corrected chi connectivity index (χ2v) is 4.46. The van der Waals surface area contributed by atoms with Crippen molar-refractivity contribution in [2.75, 3.05) is 26.9 Å². The number of hydrogen-bond acceptors (Lipinski definition) is 4. The lowest BCUT2D eigenvalue weighted by Crippen LogP contribution is -2.47. The summed E-state index contributed by atoms with van der Waals surface area (Å²) in [5.41, 5.74) is -0.272. The average Bonchev–Trinajstić information content (AvgIpc) is 2.76. The number of aliphatic hydroxyl groups is 1. The largest absolute Gasteiger partial charge is 0.468 e. The first kappa shape index (κ1) is 13.2. The number of nitrogens with zero attached hydrogens (tertiary/aromatic N) is 1. The van der Waals surface area contributed by atoms with E-state index in [0.717, 1.165) is 12.3 Å². The number of methoxy groups -OCH3 is 1. The summed E-state index contributed by atoms with van der Waals surface area (Å²) in [7, 11) is 1.68. The van der Waals surface area contributed by atoms with E-state index in [1.807, 2.05) is 26.0 Å². The van der Waals surface area contributed by atoms with Crippen molar-refractivity contribution in [2.24, 2.45) is 0 Å². The SMILES string of the molecule is COCCN(Cc1ccco1)C(C)(C)CO. The van der Waals surface area contributed by atoms with Gasteiger partial charge in [-0.3, -0.25) is 4.90 Å². The molecule has 4 heteroatoms. The van der Waals surface area contributed by atoms with E-state index in [-0.39, 0.29) is 12.1 Å². The molecule has 0 spiro atoms. The molecule has 0 saturated heterocycles. The highest BCUT2D eigenvalue weighted by Gasteiger charge is 2.26. The Balaban J connectivity index is 2.63. The molecule has 0 aromatic carbocycles. The minimum Gasteiger partial charge on any atom is -0.468 e. The molecule has 0 radical (unpaired) electrons. The Morgan fingerprint density at radius 1 is 1.50 bits per heavy atom. The number of rotatable bonds is 7. The van der Waals surface area contributed by atoms with Crippen LogP contribution in [0.1, 0.15) is 19.6 Å². The molecular formula is C12H21NO3. The Hall–Kier alpha value is -0.840. The normalized spacial score (nSPS) is 12.3. The summed E-state index contributed by atoms with van der Waals surface area (Å²) in [5.74, 6) is 0.901. The van der Waals surface area contributed by atoms with E-state index in [9.17, 15) is 5.11 Å². The van der Waals surface area contributed by atoms with Gasteiger partial charge < -0.3 is 14.3 Å². The van der Waals surface area contributed by atoms with Crippen LogP contribution in [-0.2, 0) is 11.3 Å². The van der Waals surface area contributed by atoms with Gasteiger partial charge in [0, 0.05) is 19.2 Å². The Morgan fingerprint density at radius 3 is 2.75 bits per heavy atom. The summed E-state index contributed by atoms with van der Waals surface area (Å²) in [5, 5.41) is 9.38. The summed E-state index contributed by atoms with van der Waals surface area (Å²) in [6, 6.07) is 3.81. The van der Waals surface area contributed by atoms with Crippen LogP contribution in [0, 0.1) is 0 Å². The van der Waals surface area contributed by atoms with E-state index in [1.165, 1.54) is 0 Å². The van der Waals surface area contributed by atoms with E-state index < -0.39 is 0 Å². The third-order valence-corrected chi connectivity index (χ3v) is 2.74. The fourth-order valence-electron chi connectivity index (χ4n) is 1.49. The fraction of sp³-hybridized carbons (Fsp3) is 0.667. The molecule has 0 aliphatic heterocycles. The molecule has 0 saturated carbocycles. The first-order valence-electron chi connectivity index (χ1n) is 5.47. The maximum Gasteiger partial charge on any atom is 0.117 e. The molecule has 0 fully saturated rings. The van der Waals surface area contributed by atoms with Gasteiger partial charge in [0.05, 0.1) is 26.0 Å². The van der Waals surface area contributed by atoms with Crippen LogP contribution in [0.25, 0.3) is 0 Å². The van der Waals surface area contributed by atoms with Crippen molar-refractivity contribution >= 4 is 0 Å². The predicted molar refractivity (Wildman–Crippen MR) is 62.2 cm³/mol. The van der Waals surface area contributed by atoms with Crippen molar-refractivity contribution in [2.45, 2.75) is 25.9 Å². The Morgan fingerprint density at radius 2 is 2.25 bits per heavy atom. The van der Waals surface area contributed by atoms with Gasteiger partial charge in [0.15, 0.2) is 0 Å². The van der Waals surface area contributed by atoms with Crippen molar-refractivity contribution < 1.29 is 14.3 Å². The topological polar surface area (TPSA) is 45.8 Å². The molecule has 92 valence electrons. The van der Waals surface area contributed by atoms with E-state index in [1.54, 1.807) is 13.4 Å². The lowest BCUT2D eigenvalue weighted by molar-refractivity contribution is 0.0255. The second kappa shape index (κ2) is 6.03. The highest BCUT2D eigenvalue weighted by Crippen LogP contribution is 2.17. The molecule has 16 heavy (non-hydrogen) atoms. The second-order valence-electron chi connectivity index (χ2n) is 4.46. The van der Waals surface area contributed by atoms with Crippen LogP contribution in [0.2, 0.25) is 0 Å². The van der Waals surface area contributed by atoms with Gasteiger partial charge >= 0.3 is 0 Å². The van der Waals surface area contributed by atoms with Crippen LogP contribution in [-0.4, -0.2) is 42.4 Å². The van der Waals surface area contributed by atoms with Crippen LogP contribution in [0.4, 0.5) is 0 Å². The minimum atomic E-state index is -0.272. The monoisotopic (exact) mass is 227 g/mol. The van der Waals surface area contributed by atoms with Gasteiger partial charge in [-0.1, -0.05) is 0 Å². The van der Waals surface area contributed by atoms with E-state index in [0.29, 0.717) is 13.2 Å². The zero-order chi connectivity index (χ0) is 12.0. The maximum atomic E-state index is 9.38. The molecule has 0 atom stereocenters. The molecule has 0 aliphatic rings. The minimum absolute atomic E-state index is 0.109. The van der Waals surface area contributed by atoms with Gasteiger partial charge in [-0.25, -0.2) is 0 Å². The van der Waals surface area contributed by atoms with Gasteiger partial charge in [-0.15, -0.1) is 0 Å². The van der Waals surface area contributed by atoms with Crippen LogP contribution >= 0.6 is 0 Å². The molecule has 0 amide bonds. The molecule has 1 N–H and O–H groups in total. The predicted octanol–water partition coefficient (Wildman–Crippen LogP) is 1.50. The molecular weight excluding hydrogens is 206 g/mol. The smallest absolute Gasteiger partial charge is 0.117 e. The molecule has 0 aliphatic carbocycles. The number of ether oxygens (including phenoxy) is 1. The number of hydrogen-bond donors (Lipinski definition) is 1. The van der Waals surface area contributed by atoms with Gasteiger partial charge in [-0.2, -0.15) is 0 Å². The number of furan rings is 1. The highest BCUT2D eigenvalue weighted by molar-refractivity contribution is 4.99. The van der Waals surface area contributed by atoms with Gasteiger partial charge in [0.1, 0.15) is 5.76 Å². The van der Waals surface area contributed by atoms with E-state index in [4.69, 9.17) is 9.15 Å². The quantitative estimate of drug-likeness (QED) is 0.766. The molecule has 1 rings (SSSR count). The third-order valence-electron chi connectivity index (χ3n) is 2.74. The summed E-state index contributed by atoms with van der Waals surface area (Å²) < 4.78 is 10.4. The summed E-state index contributed by atoms with van der Waals surface area (Å²) >= 11 is 0. The Kier molecular flexibility index (Phi) is 4.99. The van der Waals surface area contributed by atoms with E-state index in [2.05, 4.69) is 4.90 Å². The lowest BCUT2D eigenvalue weighted by Gasteiger charge is -2.36. The first-order chi connectivity index (χ1) is 7.60. The molecule has 1 aromatic heterocycles. The standard InChI is InChI=1S/C12H21NO3/c1-12(2,10-14)13(6-8-15-3)9-11-5-4-7-16-11/h4-5,7,14H,6,8-10H2,1-3H3. The van der Waals surface area contributed by atoms with Crippen LogP contribution in [0.15, 0.2) is 22.8 Å². The van der Waals surface area contributed by atoms with Crippen molar-refractivity contribution in [1.29, 1.82) is 0 Å². The maximum absolute atomic E-state index is 9.38. The van der Waals surface area contributed by atoms with E-state index >= 15 is 0 Å². The van der Waals surface area contributed by atoms with Crippen molar-refractivity contribution in [1.82, 2.24) is 4.90 Å². The van der Waals surface area contributed by atoms with Crippen molar-refractivity contribution in [3.63, 3.8) is 0 Å². The van der Waals surface area contributed by atoms with Crippen LogP contribution in [0.5, 0.6) is 0 Å². The van der Waals surface area contributed by atoms with Gasteiger partial charge in [0.2, 0.25) is 0 Å². The Labute approximate surface area is 96.8 Å². The molecule has 0 bridgehead atoms. The fourth-order valence-corrected chi connectivity index (χ4v) is 1.49. The summed E-state index contributed by atoms with van der Waals surface area (Å²) in [4.78, 5) is 2.15. The average molecular weight is 227 g/mol. The molecule has 0 unspecified atom stereocenters. The van der Waals surface area contributed by atoms with Crippen molar-refractivity contribution in [3.8, 4) is 0 Å². The third kappa shape index (κ3) is 3.63. The van der Waals surface area contributed by atoms with Crippen LogP contribution in [0.3, 0.4) is 0 Å². The highest BCUT2D eigenvalue weighted by atomic mass is 16.5. The van der Waals surface area contributed by atoms with Gasteiger partial charge in [-0.05, 0) is 26.0 Å². The molecule has 1 heterocycles. The zero-order valence-corrected chi connectivity index (χ0v) is 10.3. The number of aliphatic hydroxyl groups excluding tert-OH is 1. The molecule has 4 nitrogen and oxygen atoms in total. The van der Waals surface area contributed by atoms with Crippen molar-refractivity contribution in [3.05, 3.63) is 24.2 Å². The van der Waals surface area contributed by atoms with Crippen LogP contribution < -0.4 is 0 Å². The molecule has 1 aromatic rings. The first-order valence-corrected chi connectivity index (χ1v) is 5.47. The Bertz CT molecular complexity index is 282. The lowest BCUT2D eigenvalue weighted by atomic mass is 10.0. The summed E-state index contributed by atoms with van der Waals surface area (Å²) in [6.45, 7) is 6.22. The zero-order valence-electron chi connectivity index (χ0n) is 10.3. The van der Waals surface area contributed by atoms with Gasteiger partial charge in [0.25, 0.3) is 0 Å². The summed E-state index contributed by atoms with van der Waals surface area (Å²) in [6.07, 6.45) is 1.66.